The highest BCUT2D eigenvalue weighted by Gasteiger charge is 2.08. The number of hydrogen-bond acceptors (Lipinski definition) is 4. The highest BCUT2D eigenvalue weighted by atomic mass is 16.5. The first-order valence-electron chi connectivity index (χ1n) is 10.6. The van der Waals surface area contributed by atoms with Crippen molar-refractivity contribution in [3.63, 3.8) is 0 Å². The Hall–Kier alpha value is -2.24. The zero-order chi connectivity index (χ0) is 20.6. The van der Waals surface area contributed by atoms with Crippen molar-refractivity contribution in [2.75, 3.05) is 54.5 Å². The minimum Gasteiger partial charge on any atom is -0.494 e. The molecule has 5 nitrogen and oxygen atoms in total. The van der Waals surface area contributed by atoms with E-state index in [4.69, 9.17) is 9.47 Å². The van der Waals surface area contributed by atoms with Gasteiger partial charge in [0.1, 0.15) is 11.5 Å². The van der Waals surface area contributed by atoms with Crippen LogP contribution in [0.15, 0.2) is 36.4 Å². The molecule has 0 amide bonds. The summed E-state index contributed by atoms with van der Waals surface area (Å²) in [5, 5.41) is 2.37. The first kappa shape index (κ1) is 21.5. The van der Waals surface area contributed by atoms with Crippen molar-refractivity contribution < 1.29 is 9.47 Å². The largest absolute Gasteiger partial charge is 0.494 e. The standard InChI is InChI=1S/C24H35N3O2/c1-26(2)13-5-7-15-28-19-9-11-23-21(17-19)22-18-20(10-12-24(22)25-23)29-16-8-6-14-27(3)4/h9-12,17-18,25H,5-8,13-16H2,1-4H3. The lowest BCUT2D eigenvalue weighted by molar-refractivity contribution is 0.293. The Morgan fingerprint density at radius 2 is 1.10 bits per heavy atom. The van der Waals surface area contributed by atoms with Crippen LogP contribution in [0.5, 0.6) is 11.5 Å². The quantitative estimate of drug-likeness (QED) is 0.447. The highest BCUT2D eigenvalue weighted by Crippen LogP contribution is 2.31. The summed E-state index contributed by atoms with van der Waals surface area (Å²) in [4.78, 5) is 7.90. The third kappa shape index (κ3) is 6.38. The second-order valence-corrected chi connectivity index (χ2v) is 8.26. The molecule has 0 aliphatic heterocycles. The van der Waals surface area contributed by atoms with Crippen LogP contribution in [0.1, 0.15) is 25.7 Å². The van der Waals surface area contributed by atoms with Gasteiger partial charge in [-0.25, -0.2) is 0 Å². The molecular formula is C24H35N3O2. The Labute approximate surface area is 174 Å². The Balaban J connectivity index is 1.62. The number of unbranched alkanes of at least 4 members (excludes halogenated alkanes) is 2. The first-order valence-corrected chi connectivity index (χ1v) is 10.6. The normalized spacial score (nSPS) is 11.8. The summed E-state index contributed by atoms with van der Waals surface area (Å²) in [5.74, 6) is 1.86. The lowest BCUT2D eigenvalue weighted by Gasteiger charge is -2.10. The average molecular weight is 398 g/mol. The van der Waals surface area contributed by atoms with Gasteiger partial charge in [-0.15, -0.1) is 0 Å². The third-order valence-corrected chi connectivity index (χ3v) is 5.08. The molecule has 29 heavy (non-hydrogen) atoms. The van der Waals surface area contributed by atoms with E-state index in [0.717, 1.165) is 74.5 Å². The Bertz CT molecular complexity index is 829. The molecule has 0 atom stereocenters. The maximum absolute atomic E-state index is 5.99. The van der Waals surface area contributed by atoms with Gasteiger partial charge < -0.3 is 24.3 Å². The maximum atomic E-state index is 5.99. The monoisotopic (exact) mass is 397 g/mol. The van der Waals surface area contributed by atoms with Gasteiger partial charge in [0.2, 0.25) is 0 Å². The van der Waals surface area contributed by atoms with Crippen molar-refractivity contribution in [1.29, 1.82) is 0 Å². The summed E-state index contributed by atoms with van der Waals surface area (Å²) in [6.45, 7) is 3.71. The van der Waals surface area contributed by atoms with E-state index in [1.165, 1.54) is 10.8 Å². The number of hydrogen-bond donors (Lipinski definition) is 1. The van der Waals surface area contributed by atoms with E-state index in [1.807, 2.05) is 12.1 Å². The number of aromatic amines is 1. The van der Waals surface area contributed by atoms with Crippen LogP contribution in [0.2, 0.25) is 0 Å². The molecule has 0 saturated carbocycles. The molecule has 0 saturated heterocycles. The minimum absolute atomic E-state index is 0.753. The summed E-state index contributed by atoms with van der Waals surface area (Å²) in [6, 6.07) is 12.6. The maximum Gasteiger partial charge on any atom is 0.120 e. The third-order valence-electron chi connectivity index (χ3n) is 5.08. The van der Waals surface area contributed by atoms with Gasteiger partial charge in [0.05, 0.1) is 13.2 Å². The van der Waals surface area contributed by atoms with Crippen molar-refractivity contribution in [2.45, 2.75) is 25.7 Å². The van der Waals surface area contributed by atoms with Crippen molar-refractivity contribution in [2.24, 2.45) is 0 Å². The van der Waals surface area contributed by atoms with Gasteiger partial charge in [-0.3, -0.25) is 0 Å². The smallest absolute Gasteiger partial charge is 0.120 e. The van der Waals surface area contributed by atoms with Crippen LogP contribution in [0.4, 0.5) is 0 Å². The van der Waals surface area contributed by atoms with Crippen LogP contribution in [0.3, 0.4) is 0 Å². The van der Waals surface area contributed by atoms with E-state index in [1.54, 1.807) is 0 Å². The van der Waals surface area contributed by atoms with Gasteiger partial charge in [-0.1, -0.05) is 0 Å². The average Bonchev–Trinajstić information content (AvgIpc) is 3.04. The second kappa shape index (κ2) is 10.5. The second-order valence-electron chi connectivity index (χ2n) is 8.26. The number of H-pyrrole nitrogens is 1. The van der Waals surface area contributed by atoms with Gasteiger partial charge in [0, 0.05) is 21.8 Å². The fourth-order valence-electron chi connectivity index (χ4n) is 3.48. The summed E-state index contributed by atoms with van der Waals surface area (Å²) < 4.78 is 12.0. The number of rotatable bonds is 12. The van der Waals surface area contributed by atoms with Crippen molar-refractivity contribution in [1.82, 2.24) is 14.8 Å². The van der Waals surface area contributed by atoms with Gasteiger partial charge in [0.15, 0.2) is 0 Å². The van der Waals surface area contributed by atoms with Crippen LogP contribution in [-0.4, -0.2) is 69.3 Å². The molecule has 0 fully saturated rings. The van der Waals surface area contributed by atoms with Crippen molar-refractivity contribution in [3.8, 4) is 11.5 Å². The zero-order valence-electron chi connectivity index (χ0n) is 18.3. The van der Waals surface area contributed by atoms with Crippen molar-refractivity contribution >= 4 is 21.8 Å². The molecule has 158 valence electrons. The number of fused-ring (bicyclic) bond motifs is 3. The van der Waals surface area contributed by atoms with Gasteiger partial charge >= 0.3 is 0 Å². The number of nitrogens with zero attached hydrogens (tertiary/aromatic N) is 2. The molecule has 2 aromatic carbocycles. The van der Waals surface area contributed by atoms with Crippen LogP contribution >= 0.6 is 0 Å². The van der Waals surface area contributed by atoms with Crippen LogP contribution < -0.4 is 9.47 Å². The molecule has 3 rings (SSSR count). The predicted octanol–water partition coefficient (Wildman–Crippen LogP) is 4.76. The summed E-state index contributed by atoms with van der Waals surface area (Å²) in [6.07, 6.45) is 4.43. The number of benzene rings is 2. The zero-order valence-corrected chi connectivity index (χ0v) is 18.3. The van der Waals surface area contributed by atoms with Gasteiger partial charge in [-0.05, 0) is 103 Å². The number of aromatic nitrogens is 1. The number of nitrogens with one attached hydrogen (secondary N) is 1. The van der Waals surface area contributed by atoms with Crippen molar-refractivity contribution in [3.05, 3.63) is 36.4 Å². The molecule has 5 heteroatoms. The van der Waals surface area contributed by atoms with Crippen LogP contribution in [0.25, 0.3) is 21.8 Å². The fourth-order valence-corrected chi connectivity index (χ4v) is 3.48. The first-order chi connectivity index (χ1) is 14.0. The van der Waals surface area contributed by atoms with E-state index in [0.29, 0.717) is 0 Å². The summed E-state index contributed by atoms with van der Waals surface area (Å²) >= 11 is 0. The fraction of sp³-hybridized carbons (Fsp3) is 0.500. The summed E-state index contributed by atoms with van der Waals surface area (Å²) in [7, 11) is 8.42. The predicted molar refractivity (Wildman–Crippen MR) is 122 cm³/mol. The Morgan fingerprint density at radius 3 is 1.52 bits per heavy atom. The van der Waals surface area contributed by atoms with Gasteiger partial charge in [-0.2, -0.15) is 0 Å². The minimum atomic E-state index is 0.753. The summed E-state index contributed by atoms with van der Waals surface area (Å²) in [5.41, 5.74) is 2.26. The Kier molecular flexibility index (Phi) is 7.78. The Morgan fingerprint density at radius 1 is 0.655 bits per heavy atom. The number of ether oxygens (including phenoxy) is 2. The molecular weight excluding hydrogens is 362 g/mol. The van der Waals surface area contributed by atoms with E-state index < -0.39 is 0 Å². The molecule has 0 unspecified atom stereocenters. The molecule has 1 N–H and O–H groups in total. The topological polar surface area (TPSA) is 40.7 Å². The molecule has 0 aliphatic rings. The molecule has 1 heterocycles. The molecule has 0 spiro atoms. The highest BCUT2D eigenvalue weighted by molar-refractivity contribution is 6.08. The van der Waals surface area contributed by atoms with Crippen LogP contribution in [-0.2, 0) is 0 Å². The SMILES string of the molecule is CN(C)CCCCOc1ccc2[nH]c3ccc(OCCCCN(C)C)cc3c2c1. The lowest BCUT2D eigenvalue weighted by Crippen LogP contribution is -2.13. The molecule has 0 bridgehead atoms. The molecule has 0 radical (unpaired) electrons. The molecule has 3 aromatic rings. The van der Waals surface area contributed by atoms with E-state index in [-0.39, 0.29) is 0 Å². The van der Waals surface area contributed by atoms with E-state index >= 15 is 0 Å². The lowest BCUT2D eigenvalue weighted by atomic mass is 10.1. The molecule has 1 aromatic heterocycles. The van der Waals surface area contributed by atoms with Crippen LogP contribution in [0, 0.1) is 0 Å². The van der Waals surface area contributed by atoms with E-state index in [9.17, 15) is 0 Å². The molecule has 0 aliphatic carbocycles. The van der Waals surface area contributed by atoms with E-state index in [2.05, 4.69) is 67.2 Å². The van der Waals surface area contributed by atoms with Gasteiger partial charge in [0.25, 0.3) is 0 Å².